The summed E-state index contributed by atoms with van der Waals surface area (Å²) in [4.78, 5) is 0. The molecule has 0 fully saturated rings. The summed E-state index contributed by atoms with van der Waals surface area (Å²) in [5, 5.41) is 11.3. The third-order valence-electron chi connectivity index (χ3n) is 9.44. The van der Waals surface area contributed by atoms with E-state index in [9.17, 15) is 0 Å². The quantitative estimate of drug-likeness (QED) is 0.1000. The van der Waals surface area contributed by atoms with E-state index in [1.54, 1.807) is 0 Å². The van der Waals surface area contributed by atoms with Crippen LogP contribution in [-0.2, 0) is 17.3 Å². The zero-order valence-corrected chi connectivity index (χ0v) is 37.9. The van der Waals surface area contributed by atoms with Crippen molar-refractivity contribution < 1.29 is 17.3 Å². The molecule has 59 heavy (non-hydrogen) atoms. The molecule has 0 spiro atoms. The van der Waals surface area contributed by atoms with Gasteiger partial charge in [0.15, 0.2) is 0 Å². The topological polar surface area (TPSA) is 0 Å². The normalized spacial score (nSPS) is 12.7. The zero-order valence-electron chi connectivity index (χ0n) is 32.8. The Bertz CT molecular complexity index is 2020. The van der Waals surface area contributed by atoms with Gasteiger partial charge in [0.25, 0.3) is 0 Å². The summed E-state index contributed by atoms with van der Waals surface area (Å²) >= 11 is 1.82. The van der Waals surface area contributed by atoms with E-state index >= 15 is 0 Å². The number of rotatable bonds is 9. The molecule has 9 rings (SSSR count). The van der Waals surface area contributed by atoms with Gasteiger partial charge < -0.3 is 0 Å². The number of halogens is 1. The van der Waals surface area contributed by atoms with Gasteiger partial charge in [0.1, 0.15) is 0 Å². The van der Waals surface area contributed by atoms with Crippen molar-refractivity contribution in [1.29, 1.82) is 0 Å². The third kappa shape index (κ3) is 13.2. The van der Waals surface area contributed by atoms with Gasteiger partial charge in [0.05, 0.1) is 0 Å². The third-order valence-corrected chi connectivity index (χ3v) is 17.1. The van der Waals surface area contributed by atoms with E-state index in [2.05, 4.69) is 277 Å². The molecule has 8 aromatic rings. The molecular formula is C54H47ClP3Ru. The number of hydrogen-bond donors (Lipinski definition) is 0. The number of allylic oxidation sites excluding steroid dienone is 4. The van der Waals surface area contributed by atoms with E-state index in [1.807, 2.05) is 17.3 Å². The molecule has 1 aliphatic carbocycles. The number of hydrogen-bond acceptors (Lipinski definition) is 0. The molecule has 0 aliphatic heterocycles. The van der Waals surface area contributed by atoms with Crippen molar-refractivity contribution >= 4 is 75.9 Å². The maximum Gasteiger partial charge on any atom is -0.0134 e. The monoisotopic (exact) mass is 925 g/mol. The van der Waals surface area contributed by atoms with E-state index in [-0.39, 0.29) is 7.92 Å². The fourth-order valence-corrected chi connectivity index (χ4v) is 14.1. The van der Waals surface area contributed by atoms with Gasteiger partial charge in [-0.1, -0.05) is 267 Å². The maximum absolute atomic E-state index is 4.57. The summed E-state index contributed by atoms with van der Waals surface area (Å²) in [6, 6.07) is 86.5. The Labute approximate surface area is 369 Å². The van der Waals surface area contributed by atoms with E-state index < -0.39 is 15.8 Å². The largest absolute Gasteiger partial charge is 0.0622 e. The first-order chi connectivity index (χ1) is 29.3. The molecule has 0 saturated heterocycles. The van der Waals surface area contributed by atoms with Crippen LogP contribution in [0.2, 0.25) is 0 Å². The second kappa shape index (κ2) is 25.2. The van der Waals surface area contributed by atoms with Gasteiger partial charge >= 0.3 is 27.0 Å². The average molecular weight is 925 g/mol. The minimum atomic E-state index is -0.446. The molecule has 0 N–H and O–H groups in total. The first-order valence-corrected chi connectivity index (χ1v) is 25.9. The summed E-state index contributed by atoms with van der Waals surface area (Å²) in [5.74, 6) is 0. The molecule has 0 nitrogen and oxygen atoms in total. The summed E-state index contributed by atoms with van der Waals surface area (Å²) < 4.78 is 0. The Morgan fingerprint density at radius 3 is 0.729 bits per heavy atom. The second-order valence-electron chi connectivity index (χ2n) is 13.3. The van der Waals surface area contributed by atoms with Crippen LogP contribution >= 0.6 is 33.5 Å². The minimum absolute atomic E-state index is 0.307. The first kappa shape index (κ1) is 44.0. The van der Waals surface area contributed by atoms with Gasteiger partial charge in [-0.15, -0.1) is 0 Å². The van der Waals surface area contributed by atoms with E-state index in [0.29, 0.717) is 5.66 Å². The van der Waals surface area contributed by atoms with Gasteiger partial charge in [-0.2, -0.15) is 0 Å². The Morgan fingerprint density at radius 2 is 0.525 bits per heavy atom. The van der Waals surface area contributed by atoms with Crippen LogP contribution in [0.25, 0.3) is 0 Å². The van der Waals surface area contributed by atoms with Crippen LogP contribution in [-0.4, -0.2) is 5.66 Å². The Morgan fingerprint density at radius 1 is 0.305 bits per heavy atom. The molecule has 1 aliphatic rings. The van der Waals surface area contributed by atoms with E-state index in [1.165, 1.54) is 42.4 Å². The average Bonchev–Trinajstić information content (AvgIpc) is 3.34. The Hall–Kier alpha value is -4.56. The predicted molar refractivity (Wildman–Crippen MR) is 262 cm³/mol. The molecule has 0 saturated carbocycles. The maximum atomic E-state index is 4.57. The molecule has 1 atom stereocenters. The van der Waals surface area contributed by atoms with Crippen LogP contribution in [0, 0.1) is 0 Å². The Kier molecular flexibility index (Phi) is 18.8. The molecule has 293 valence electrons. The molecule has 0 radical (unpaired) electrons. The van der Waals surface area contributed by atoms with Crippen LogP contribution in [0.4, 0.5) is 0 Å². The second-order valence-corrected chi connectivity index (χ2v) is 20.2. The standard InChI is InChI=1S/C18H17P.2C18H15P.ClH.Ru/c3*1-4-10-16(11-5-1)19(17-12-6-2-7-13-17)18-14-8-3-9-15-18;;/h1-14,18H,15H2;2*1-15H;1H;/q;;;;+1/p-1. The Balaban J connectivity index is 0.000000146. The van der Waals surface area contributed by atoms with Crippen LogP contribution in [0.5, 0.6) is 0 Å². The molecule has 0 heterocycles. The van der Waals surface area contributed by atoms with Crippen molar-refractivity contribution in [2.75, 3.05) is 0 Å². The van der Waals surface area contributed by atoms with Crippen molar-refractivity contribution in [3.8, 4) is 0 Å². The summed E-state index contributed by atoms with van der Waals surface area (Å²) in [7, 11) is 3.37. The minimum Gasteiger partial charge on any atom is -0.0622 e. The van der Waals surface area contributed by atoms with Crippen molar-refractivity contribution in [1.82, 2.24) is 0 Å². The summed E-state index contributed by atoms with van der Waals surface area (Å²) in [6.07, 6.45) is 10.1. The zero-order chi connectivity index (χ0) is 40.7. The van der Waals surface area contributed by atoms with Crippen LogP contribution in [0.3, 0.4) is 0 Å². The van der Waals surface area contributed by atoms with Crippen LogP contribution < -0.4 is 42.4 Å². The van der Waals surface area contributed by atoms with Crippen molar-refractivity contribution in [3.05, 3.63) is 267 Å². The molecule has 1 unspecified atom stereocenters. The van der Waals surface area contributed by atoms with Crippen molar-refractivity contribution in [3.63, 3.8) is 0 Å². The van der Waals surface area contributed by atoms with Gasteiger partial charge in [-0.25, -0.2) is 0 Å². The van der Waals surface area contributed by atoms with E-state index in [0.717, 1.165) is 6.42 Å². The number of benzene rings is 8. The smallest absolute Gasteiger partial charge is 0.0134 e. The molecule has 5 heteroatoms. The van der Waals surface area contributed by atoms with Crippen LogP contribution in [0.15, 0.2) is 267 Å². The summed E-state index contributed by atoms with van der Waals surface area (Å²) in [5.41, 5.74) is 0.616. The van der Waals surface area contributed by atoms with Crippen molar-refractivity contribution in [2.45, 2.75) is 12.1 Å². The molecular weight excluding hydrogens is 878 g/mol. The van der Waals surface area contributed by atoms with Gasteiger partial charge in [-0.05, 0) is 72.6 Å². The van der Waals surface area contributed by atoms with Crippen LogP contribution in [0.1, 0.15) is 6.42 Å². The molecule has 0 amide bonds. The fraction of sp³-hybridized carbons (Fsp3) is 0.0370. The predicted octanol–water partition coefficient (Wildman–Crippen LogP) is 11.6. The molecule has 8 aromatic carbocycles. The summed E-state index contributed by atoms with van der Waals surface area (Å²) in [6.45, 7) is 0. The molecule has 0 aromatic heterocycles. The van der Waals surface area contributed by atoms with Gasteiger partial charge in [0.2, 0.25) is 0 Å². The molecule has 0 bridgehead atoms. The van der Waals surface area contributed by atoms with Gasteiger partial charge in [-0.3, -0.25) is 0 Å². The van der Waals surface area contributed by atoms with Crippen molar-refractivity contribution in [2.24, 2.45) is 0 Å². The van der Waals surface area contributed by atoms with Gasteiger partial charge in [0, 0.05) is 5.66 Å². The SMILES string of the molecule is C1=CCC(P(c2ccccc2)c2ccccc2)C=C1.[Cl][Ru].c1ccc(P(c2ccccc2)c2ccccc2)cc1.c1ccc(P(c2ccccc2)c2ccccc2)cc1. The fourth-order valence-electron chi connectivity index (χ4n) is 6.83. The first-order valence-electron chi connectivity index (χ1n) is 19.6. The van der Waals surface area contributed by atoms with E-state index in [4.69, 9.17) is 0 Å².